The number of anilines is 2. The van der Waals surface area contributed by atoms with E-state index in [1.165, 1.54) is 11.4 Å². The normalized spacial score (nSPS) is 11.1. The molecule has 6 nitrogen and oxygen atoms in total. The van der Waals surface area contributed by atoms with Crippen LogP contribution in [0.25, 0.3) is 0 Å². The molecule has 7 heteroatoms. The first-order valence-corrected chi connectivity index (χ1v) is 10.0. The van der Waals surface area contributed by atoms with Gasteiger partial charge in [0.15, 0.2) is 0 Å². The summed E-state index contributed by atoms with van der Waals surface area (Å²) in [6.07, 6.45) is 1.15. The fourth-order valence-corrected chi connectivity index (χ4v) is 3.51. The second-order valence-corrected chi connectivity index (χ2v) is 8.03. The molecule has 0 spiro atoms. The number of sulfonamides is 1. The summed E-state index contributed by atoms with van der Waals surface area (Å²) in [4.78, 5) is 12.3. The Bertz CT molecular complexity index is 894. The van der Waals surface area contributed by atoms with Crippen molar-refractivity contribution in [3.8, 4) is 5.75 Å². The minimum Gasteiger partial charge on any atom is -0.495 e. The molecular weight excluding hydrogens is 352 g/mol. The molecule has 0 radical (unpaired) electrons. The molecule has 0 aromatic heterocycles. The van der Waals surface area contributed by atoms with Crippen LogP contribution in [0.1, 0.15) is 17.5 Å². The number of hydrogen-bond acceptors (Lipinski definition) is 4. The number of rotatable bonds is 7. The van der Waals surface area contributed by atoms with Crippen molar-refractivity contribution in [2.24, 2.45) is 0 Å². The summed E-state index contributed by atoms with van der Waals surface area (Å²) in [5.74, 6) is 0.194. The van der Waals surface area contributed by atoms with Crippen LogP contribution in [0.5, 0.6) is 5.75 Å². The summed E-state index contributed by atoms with van der Waals surface area (Å²) in [7, 11) is -2.09. The van der Waals surface area contributed by atoms with Gasteiger partial charge in [-0.05, 0) is 43.2 Å². The Morgan fingerprint density at radius 1 is 1.15 bits per heavy atom. The van der Waals surface area contributed by atoms with Gasteiger partial charge in [0.25, 0.3) is 0 Å². The topological polar surface area (TPSA) is 75.7 Å². The second-order valence-electron chi connectivity index (χ2n) is 6.12. The molecule has 0 fully saturated rings. The molecule has 2 aromatic carbocycles. The van der Waals surface area contributed by atoms with Crippen LogP contribution in [0.4, 0.5) is 11.4 Å². The molecule has 0 atom stereocenters. The molecule has 26 heavy (non-hydrogen) atoms. The van der Waals surface area contributed by atoms with Gasteiger partial charge < -0.3 is 10.1 Å². The lowest BCUT2D eigenvalue weighted by molar-refractivity contribution is -0.116. The average molecular weight is 376 g/mol. The highest BCUT2D eigenvalue weighted by Gasteiger charge is 2.22. The van der Waals surface area contributed by atoms with Gasteiger partial charge in [-0.2, -0.15) is 0 Å². The quantitative estimate of drug-likeness (QED) is 0.806. The van der Waals surface area contributed by atoms with Gasteiger partial charge >= 0.3 is 0 Å². The van der Waals surface area contributed by atoms with E-state index in [1.807, 2.05) is 44.2 Å². The molecule has 2 rings (SSSR count). The van der Waals surface area contributed by atoms with Crippen molar-refractivity contribution >= 4 is 27.3 Å². The molecule has 1 N–H and O–H groups in total. The number of nitrogens with zero attached hydrogens (tertiary/aromatic N) is 1. The van der Waals surface area contributed by atoms with Crippen molar-refractivity contribution in [3.05, 3.63) is 53.6 Å². The van der Waals surface area contributed by atoms with Crippen molar-refractivity contribution in [1.82, 2.24) is 0 Å². The number of methoxy groups -OCH3 is 1. The molecule has 0 heterocycles. The lowest BCUT2D eigenvalue weighted by Gasteiger charge is -2.24. The molecule has 0 aliphatic rings. The molecule has 140 valence electrons. The Morgan fingerprint density at radius 3 is 2.46 bits per heavy atom. The van der Waals surface area contributed by atoms with E-state index < -0.39 is 10.0 Å². The zero-order valence-corrected chi connectivity index (χ0v) is 16.3. The largest absolute Gasteiger partial charge is 0.495 e. The third-order valence-electron chi connectivity index (χ3n) is 3.96. The number of para-hydroxylation sites is 1. The first-order chi connectivity index (χ1) is 12.2. The Kier molecular flexibility index (Phi) is 6.26. The summed E-state index contributed by atoms with van der Waals surface area (Å²) in [6.45, 7) is 3.79. The molecule has 0 unspecified atom stereocenters. The number of ether oxygens (including phenoxy) is 1. The van der Waals surface area contributed by atoms with Crippen molar-refractivity contribution in [3.63, 3.8) is 0 Å². The molecule has 2 aromatic rings. The maximum absolute atomic E-state index is 12.3. The van der Waals surface area contributed by atoms with E-state index in [0.717, 1.165) is 23.1 Å². The Hall–Kier alpha value is -2.54. The summed E-state index contributed by atoms with van der Waals surface area (Å²) in [5.41, 5.74) is 3.00. The Balaban J connectivity index is 2.19. The summed E-state index contributed by atoms with van der Waals surface area (Å²) in [6, 6.07) is 12.7. The average Bonchev–Trinajstić information content (AvgIpc) is 2.56. The SMILES string of the molecule is COc1ccc(C)cc1N(CCC(=O)Nc1ccccc1C)S(C)(=O)=O. The van der Waals surface area contributed by atoms with E-state index in [1.54, 1.807) is 12.1 Å². The zero-order chi connectivity index (χ0) is 19.3. The van der Waals surface area contributed by atoms with E-state index in [2.05, 4.69) is 5.32 Å². The zero-order valence-electron chi connectivity index (χ0n) is 15.4. The van der Waals surface area contributed by atoms with E-state index in [-0.39, 0.29) is 18.9 Å². The van der Waals surface area contributed by atoms with Gasteiger partial charge in [0.2, 0.25) is 15.9 Å². The third-order valence-corrected chi connectivity index (χ3v) is 5.14. The first-order valence-electron chi connectivity index (χ1n) is 8.20. The number of carbonyl (C=O) groups is 1. The van der Waals surface area contributed by atoms with Crippen LogP contribution >= 0.6 is 0 Å². The first kappa shape index (κ1) is 19.8. The second kappa shape index (κ2) is 8.23. The van der Waals surface area contributed by atoms with Crippen LogP contribution in [0.15, 0.2) is 42.5 Å². The van der Waals surface area contributed by atoms with Crippen LogP contribution in [-0.4, -0.2) is 34.2 Å². The van der Waals surface area contributed by atoms with Gasteiger partial charge in [0.05, 0.1) is 19.1 Å². The van der Waals surface area contributed by atoms with Crippen LogP contribution in [0.2, 0.25) is 0 Å². The highest BCUT2D eigenvalue weighted by molar-refractivity contribution is 7.92. The predicted octanol–water partition coefficient (Wildman–Crippen LogP) is 3.11. The van der Waals surface area contributed by atoms with Crippen molar-refractivity contribution in [1.29, 1.82) is 0 Å². The van der Waals surface area contributed by atoms with E-state index in [4.69, 9.17) is 4.74 Å². The number of hydrogen-bond donors (Lipinski definition) is 1. The minimum absolute atomic E-state index is 0.0242. The summed E-state index contributed by atoms with van der Waals surface area (Å²) < 4.78 is 31.0. The molecule has 0 saturated heterocycles. The number of amides is 1. The number of nitrogens with one attached hydrogen (secondary N) is 1. The fraction of sp³-hybridized carbons (Fsp3) is 0.316. The van der Waals surface area contributed by atoms with Crippen LogP contribution in [0.3, 0.4) is 0 Å². The van der Waals surface area contributed by atoms with Crippen molar-refractivity contribution in [2.75, 3.05) is 29.5 Å². The number of aryl methyl sites for hydroxylation is 2. The van der Waals surface area contributed by atoms with Gasteiger partial charge in [0.1, 0.15) is 5.75 Å². The van der Waals surface area contributed by atoms with Crippen LogP contribution in [-0.2, 0) is 14.8 Å². The van der Waals surface area contributed by atoms with E-state index in [0.29, 0.717) is 11.4 Å². The maximum atomic E-state index is 12.3. The van der Waals surface area contributed by atoms with Gasteiger partial charge in [-0.1, -0.05) is 24.3 Å². The van der Waals surface area contributed by atoms with E-state index in [9.17, 15) is 13.2 Å². The third kappa shape index (κ3) is 4.98. The number of carbonyl (C=O) groups excluding carboxylic acids is 1. The standard InChI is InChI=1S/C19H24N2O4S/c1-14-9-10-18(25-3)17(13-14)21(26(4,23)24)12-11-19(22)20-16-8-6-5-7-15(16)2/h5-10,13H,11-12H2,1-4H3,(H,20,22). The molecule has 0 aliphatic carbocycles. The minimum atomic E-state index is -3.57. The van der Waals surface area contributed by atoms with Crippen molar-refractivity contribution < 1.29 is 17.9 Å². The molecule has 1 amide bonds. The van der Waals surface area contributed by atoms with Crippen LogP contribution < -0.4 is 14.4 Å². The van der Waals surface area contributed by atoms with Crippen LogP contribution in [0, 0.1) is 13.8 Å². The molecule has 0 aliphatic heterocycles. The lowest BCUT2D eigenvalue weighted by atomic mass is 10.2. The lowest BCUT2D eigenvalue weighted by Crippen LogP contribution is -2.33. The van der Waals surface area contributed by atoms with Gasteiger partial charge in [0, 0.05) is 18.7 Å². The predicted molar refractivity (Wildman–Crippen MR) is 104 cm³/mol. The van der Waals surface area contributed by atoms with Gasteiger partial charge in [-0.25, -0.2) is 8.42 Å². The van der Waals surface area contributed by atoms with Gasteiger partial charge in [-0.15, -0.1) is 0 Å². The summed E-state index contributed by atoms with van der Waals surface area (Å²) in [5, 5.41) is 2.82. The Labute approximate surface area is 154 Å². The molecule has 0 saturated carbocycles. The highest BCUT2D eigenvalue weighted by atomic mass is 32.2. The monoisotopic (exact) mass is 376 g/mol. The molecular formula is C19H24N2O4S. The van der Waals surface area contributed by atoms with Gasteiger partial charge in [-0.3, -0.25) is 9.10 Å². The molecule has 0 bridgehead atoms. The Morgan fingerprint density at radius 2 is 1.85 bits per heavy atom. The van der Waals surface area contributed by atoms with E-state index >= 15 is 0 Å². The highest BCUT2D eigenvalue weighted by Crippen LogP contribution is 2.31. The maximum Gasteiger partial charge on any atom is 0.232 e. The fourth-order valence-electron chi connectivity index (χ4n) is 2.59. The summed E-state index contributed by atoms with van der Waals surface area (Å²) >= 11 is 0. The smallest absolute Gasteiger partial charge is 0.232 e. The number of benzene rings is 2. The van der Waals surface area contributed by atoms with Crippen molar-refractivity contribution in [2.45, 2.75) is 20.3 Å².